The summed E-state index contributed by atoms with van der Waals surface area (Å²) >= 11 is 3.36. The number of hydrogen-bond donors (Lipinski definition) is 0. The van der Waals surface area contributed by atoms with E-state index in [2.05, 4.69) is 82.7 Å². The van der Waals surface area contributed by atoms with Crippen molar-refractivity contribution in [2.45, 2.75) is 0 Å². The summed E-state index contributed by atoms with van der Waals surface area (Å²) < 4.78 is 4.18. The number of benzene rings is 3. The van der Waals surface area contributed by atoms with Gasteiger partial charge in [0, 0.05) is 0 Å². The van der Waals surface area contributed by atoms with Crippen molar-refractivity contribution in [2.24, 2.45) is 0 Å². The van der Waals surface area contributed by atoms with Crippen LogP contribution < -0.4 is 7.22 Å². The first-order valence-corrected chi connectivity index (χ1v) is 8.87. The van der Waals surface area contributed by atoms with E-state index in [1.807, 2.05) is 0 Å². The fraction of sp³-hybridized carbons (Fsp3) is 0. The van der Waals surface area contributed by atoms with Gasteiger partial charge in [-0.15, -0.1) is 0 Å². The Morgan fingerprint density at radius 3 is 2.22 bits per heavy atom. The summed E-state index contributed by atoms with van der Waals surface area (Å²) in [6.07, 6.45) is 0. The van der Waals surface area contributed by atoms with Crippen LogP contribution in [0.5, 0.6) is 0 Å². The van der Waals surface area contributed by atoms with Crippen molar-refractivity contribution in [3.63, 3.8) is 0 Å². The Hall–Kier alpha value is -0.810. The molecule has 0 N–H and O–H groups in total. The van der Waals surface area contributed by atoms with E-state index in [0.29, 0.717) is 0 Å². The molecule has 3 rings (SSSR count). The normalized spacial score (nSPS) is 10.7. The molecule has 0 unspecified atom stereocenters. The Morgan fingerprint density at radius 1 is 0.722 bits per heavy atom. The van der Waals surface area contributed by atoms with Gasteiger partial charge in [-0.3, -0.25) is 0 Å². The summed E-state index contributed by atoms with van der Waals surface area (Å²) in [6, 6.07) is 23.8. The van der Waals surface area contributed by atoms with E-state index >= 15 is 0 Å². The molecule has 0 amide bonds. The maximum atomic E-state index is 3.68. The molecule has 0 aromatic heterocycles. The number of halogens is 1. The molecule has 2 heteroatoms. The van der Waals surface area contributed by atoms with Crippen molar-refractivity contribution in [2.75, 3.05) is 0 Å². The Balaban J connectivity index is 2.12. The third kappa shape index (κ3) is 2.47. The van der Waals surface area contributed by atoms with Gasteiger partial charge in [0.2, 0.25) is 0 Å². The van der Waals surface area contributed by atoms with E-state index in [-0.39, 0.29) is 20.9 Å². The van der Waals surface area contributed by atoms with Crippen LogP contribution in [-0.2, 0) is 0 Å². The third-order valence-corrected chi connectivity index (χ3v) is 6.50. The van der Waals surface area contributed by atoms with Crippen molar-refractivity contribution in [3.05, 3.63) is 71.2 Å². The van der Waals surface area contributed by atoms with Gasteiger partial charge in [-0.1, -0.05) is 0 Å². The van der Waals surface area contributed by atoms with E-state index < -0.39 is 0 Å². The third-order valence-electron chi connectivity index (χ3n) is 2.79. The molecule has 0 aliphatic heterocycles. The van der Waals surface area contributed by atoms with E-state index in [1.54, 1.807) is 0 Å². The molecule has 0 saturated heterocycles. The molecule has 0 heterocycles. The van der Waals surface area contributed by atoms with E-state index in [4.69, 9.17) is 0 Å². The molecule has 88 valence electrons. The van der Waals surface area contributed by atoms with Crippen LogP contribution >= 0.6 is 15.9 Å². The second-order valence-corrected chi connectivity index (χ2v) is 8.05. The van der Waals surface area contributed by atoms with Gasteiger partial charge in [0.1, 0.15) is 0 Å². The van der Waals surface area contributed by atoms with Crippen LogP contribution in [0.4, 0.5) is 0 Å². The van der Waals surface area contributed by atoms with Crippen molar-refractivity contribution in [1.29, 1.82) is 0 Å². The molecule has 0 aliphatic carbocycles. The van der Waals surface area contributed by atoms with E-state index in [0.717, 1.165) is 0 Å². The molecule has 0 fully saturated rings. The summed E-state index contributed by atoms with van der Waals surface area (Å²) in [5.74, 6) is 0. The number of rotatable bonds is 2. The first kappa shape index (κ1) is 12.2. The Morgan fingerprint density at radius 2 is 1.44 bits per heavy atom. The molecule has 0 aliphatic rings. The summed E-state index contributed by atoms with van der Waals surface area (Å²) in [5.41, 5.74) is 0. The fourth-order valence-corrected chi connectivity index (χ4v) is 5.89. The topological polar surface area (TPSA) is 0 Å². The molecule has 3 aromatic carbocycles. The van der Waals surface area contributed by atoms with Crippen LogP contribution in [0.3, 0.4) is 0 Å². The Kier molecular flexibility index (Phi) is 3.70. The van der Waals surface area contributed by atoms with Crippen molar-refractivity contribution in [1.82, 2.24) is 0 Å². The summed E-state index contributed by atoms with van der Waals surface area (Å²) in [5, 5.41) is 2.70. The molecule has 0 spiro atoms. The quantitative estimate of drug-likeness (QED) is 0.569. The second kappa shape index (κ2) is 5.45. The summed E-state index contributed by atoms with van der Waals surface area (Å²) in [6.45, 7) is 0. The minimum absolute atomic E-state index is 0.319. The molecule has 0 nitrogen and oxygen atoms in total. The summed E-state index contributed by atoms with van der Waals surface area (Å²) in [7, 11) is 0. The monoisotopic (exact) mass is 412 g/mol. The zero-order valence-corrected chi connectivity index (χ0v) is 13.6. The maximum absolute atomic E-state index is 3.68. The molecule has 18 heavy (non-hydrogen) atoms. The average molecular weight is 411 g/mol. The van der Waals surface area contributed by atoms with Gasteiger partial charge in [0.15, 0.2) is 0 Å². The fourth-order valence-electron chi connectivity index (χ4n) is 1.96. The first-order valence-electron chi connectivity index (χ1n) is 5.75. The second-order valence-electron chi connectivity index (χ2n) is 4.01. The Labute approximate surface area is 125 Å². The van der Waals surface area contributed by atoms with Gasteiger partial charge < -0.3 is 0 Å². The zero-order chi connectivity index (χ0) is 12.4. The minimum atomic E-state index is -0.319. The van der Waals surface area contributed by atoms with Gasteiger partial charge in [-0.25, -0.2) is 0 Å². The number of hydrogen-bond acceptors (Lipinski definition) is 0. The molecule has 3 aromatic rings. The van der Waals surface area contributed by atoms with Crippen LogP contribution in [0.15, 0.2) is 71.2 Å². The van der Waals surface area contributed by atoms with Gasteiger partial charge in [-0.05, 0) is 0 Å². The zero-order valence-electron chi connectivity index (χ0n) is 9.64. The van der Waals surface area contributed by atoms with Crippen LogP contribution in [0.25, 0.3) is 10.8 Å². The van der Waals surface area contributed by atoms with Gasteiger partial charge in [0.05, 0.1) is 0 Å². The van der Waals surface area contributed by atoms with Crippen LogP contribution in [0.2, 0.25) is 0 Å². The molecular weight excluding hydrogens is 400 g/mol. The molecule has 0 radical (unpaired) electrons. The predicted molar refractivity (Wildman–Crippen MR) is 83.1 cm³/mol. The predicted octanol–water partition coefficient (Wildman–Crippen LogP) is 3.26. The van der Waals surface area contributed by atoms with Crippen LogP contribution in [-0.4, -0.2) is 20.9 Å². The average Bonchev–Trinajstić information content (AvgIpc) is 2.40. The van der Waals surface area contributed by atoms with E-state index in [1.165, 1.54) is 22.5 Å². The van der Waals surface area contributed by atoms with Crippen molar-refractivity contribution in [3.8, 4) is 0 Å². The Bertz CT molecular complexity index is 672. The van der Waals surface area contributed by atoms with Gasteiger partial charge in [-0.2, -0.15) is 0 Å². The van der Waals surface area contributed by atoms with Crippen LogP contribution in [0.1, 0.15) is 0 Å². The van der Waals surface area contributed by atoms with Crippen LogP contribution in [0, 0.1) is 0 Å². The molecule has 0 atom stereocenters. The molecule has 0 saturated carbocycles. The first-order chi connectivity index (χ1) is 8.84. The van der Waals surface area contributed by atoms with Gasteiger partial charge >= 0.3 is 126 Å². The standard InChI is InChI=1S/C16H11BrTe/c17-14-10-4-6-12-7-5-11-15(16(12)14)18-13-8-2-1-3-9-13/h1-11H. The van der Waals surface area contributed by atoms with E-state index in [9.17, 15) is 0 Å². The number of fused-ring (bicyclic) bond motifs is 1. The van der Waals surface area contributed by atoms with Crippen molar-refractivity contribution >= 4 is 54.8 Å². The SMILES string of the molecule is Brc1cccc2cccc([Te]c3ccccc3)c12. The molecule has 0 bridgehead atoms. The molecular formula is C16H11BrTe. The van der Waals surface area contributed by atoms with Gasteiger partial charge in [0.25, 0.3) is 0 Å². The summed E-state index contributed by atoms with van der Waals surface area (Å²) in [4.78, 5) is 0. The van der Waals surface area contributed by atoms with Crippen molar-refractivity contribution < 1.29 is 0 Å².